The van der Waals surface area contributed by atoms with E-state index in [2.05, 4.69) is 21.2 Å². The van der Waals surface area contributed by atoms with Crippen LogP contribution in [0.25, 0.3) is 0 Å². The van der Waals surface area contributed by atoms with Crippen LogP contribution in [0.1, 0.15) is 35.9 Å². The highest BCUT2D eigenvalue weighted by molar-refractivity contribution is 9.10. The summed E-state index contributed by atoms with van der Waals surface area (Å²) in [4.78, 5) is 12.3. The maximum atomic E-state index is 12.3. The molecule has 4 heteroatoms. The van der Waals surface area contributed by atoms with E-state index in [0.29, 0.717) is 0 Å². The molecule has 0 aromatic heterocycles. The summed E-state index contributed by atoms with van der Waals surface area (Å²) in [5.74, 6) is -0.169. The number of carbonyl (C=O) groups excluding carboxylic acids is 1. The van der Waals surface area contributed by atoms with Crippen molar-refractivity contribution in [1.29, 1.82) is 0 Å². The van der Waals surface area contributed by atoms with E-state index >= 15 is 0 Å². The van der Waals surface area contributed by atoms with Gasteiger partial charge >= 0.3 is 0 Å². The number of rotatable bonds is 5. The van der Waals surface area contributed by atoms with Crippen molar-refractivity contribution in [2.24, 2.45) is 0 Å². The summed E-state index contributed by atoms with van der Waals surface area (Å²) < 4.78 is 1.02. The van der Waals surface area contributed by atoms with Crippen LogP contribution in [0, 0.1) is 0 Å². The van der Waals surface area contributed by atoms with Crippen LogP contribution in [0.3, 0.4) is 0 Å². The van der Waals surface area contributed by atoms with E-state index < -0.39 is 5.38 Å². The van der Waals surface area contributed by atoms with Crippen molar-refractivity contribution in [3.05, 3.63) is 70.2 Å². The zero-order valence-corrected chi connectivity index (χ0v) is 14.1. The van der Waals surface area contributed by atoms with Crippen LogP contribution < -0.4 is 5.32 Å². The average molecular weight is 367 g/mol. The second-order valence-electron chi connectivity index (χ2n) is 4.79. The van der Waals surface area contributed by atoms with E-state index in [1.165, 1.54) is 0 Å². The molecular weight excluding hydrogens is 350 g/mol. The molecule has 0 fully saturated rings. The fourth-order valence-corrected chi connectivity index (χ4v) is 2.61. The van der Waals surface area contributed by atoms with Gasteiger partial charge in [0.05, 0.1) is 6.04 Å². The van der Waals surface area contributed by atoms with Gasteiger partial charge in [-0.05, 0) is 29.7 Å². The highest BCUT2D eigenvalue weighted by Gasteiger charge is 2.20. The number of halogens is 2. The third-order valence-corrected chi connectivity index (χ3v) is 4.30. The topological polar surface area (TPSA) is 29.1 Å². The molecule has 0 aliphatic heterocycles. The first kappa shape index (κ1) is 16.1. The third kappa shape index (κ3) is 4.32. The molecule has 0 spiro atoms. The third-order valence-electron chi connectivity index (χ3n) is 3.32. The smallest absolute Gasteiger partial charge is 0.243 e. The van der Waals surface area contributed by atoms with Crippen LogP contribution in [0.15, 0.2) is 59.1 Å². The Morgan fingerprint density at radius 1 is 1.10 bits per heavy atom. The molecule has 0 saturated heterocycles. The van der Waals surface area contributed by atoms with Crippen LogP contribution in [0.5, 0.6) is 0 Å². The van der Waals surface area contributed by atoms with Crippen LogP contribution in [0.2, 0.25) is 0 Å². The summed E-state index contributed by atoms with van der Waals surface area (Å²) >= 11 is 9.66. The molecule has 2 nitrogen and oxygen atoms in total. The fourth-order valence-electron chi connectivity index (χ4n) is 2.13. The first-order chi connectivity index (χ1) is 10.1. The highest BCUT2D eigenvalue weighted by Crippen LogP contribution is 2.24. The van der Waals surface area contributed by atoms with Gasteiger partial charge in [0.1, 0.15) is 5.38 Å². The quantitative estimate of drug-likeness (QED) is 0.742. The lowest BCUT2D eigenvalue weighted by Gasteiger charge is -2.19. The Kier molecular flexibility index (Phi) is 5.83. The van der Waals surface area contributed by atoms with E-state index in [9.17, 15) is 4.79 Å². The lowest BCUT2D eigenvalue weighted by Crippen LogP contribution is -2.30. The minimum absolute atomic E-state index is 0.0319. The number of carbonyl (C=O) groups is 1. The van der Waals surface area contributed by atoms with Crippen molar-refractivity contribution in [3.8, 4) is 0 Å². The van der Waals surface area contributed by atoms with Gasteiger partial charge in [0.15, 0.2) is 0 Å². The van der Waals surface area contributed by atoms with E-state index in [-0.39, 0.29) is 11.9 Å². The van der Waals surface area contributed by atoms with E-state index in [1.807, 2.05) is 61.5 Å². The first-order valence-corrected chi connectivity index (χ1v) is 8.09. The van der Waals surface area contributed by atoms with Crippen molar-refractivity contribution >= 4 is 33.4 Å². The number of alkyl halides is 1. The number of amides is 1. The first-order valence-electron chi connectivity index (χ1n) is 6.86. The normalized spacial score (nSPS) is 13.5. The number of nitrogens with one attached hydrogen (secondary N) is 1. The van der Waals surface area contributed by atoms with Crippen molar-refractivity contribution in [1.82, 2.24) is 5.32 Å². The molecule has 110 valence electrons. The van der Waals surface area contributed by atoms with Crippen molar-refractivity contribution in [2.45, 2.75) is 24.8 Å². The molecule has 2 atom stereocenters. The Hall–Kier alpha value is -1.32. The maximum Gasteiger partial charge on any atom is 0.243 e. The lowest BCUT2D eigenvalue weighted by atomic mass is 10.0. The number of hydrogen-bond acceptors (Lipinski definition) is 1. The summed E-state index contributed by atoms with van der Waals surface area (Å²) in [6.45, 7) is 2.04. The molecule has 2 aromatic carbocycles. The van der Waals surface area contributed by atoms with Gasteiger partial charge < -0.3 is 5.32 Å². The van der Waals surface area contributed by atoms with Crippen molar-refractivity contribution in [3.63, 3.8) is 0 Å². The molecular formula is C17H17BrClNO. The fraction of sp³-hybridized carbons (Fsp3) is 0.235. The predicted molar refractivity (Wildman–Crippen MR) is 90.4 cm³/mol. The van der Waals surface area contributed by atoms with Crippen molar-refractivity contribution in [2.75, 3.05) is 0 Å². The predicted octanol–water partition coefficient (Wildman–Crippen LogP) is 5.00. The van der Waals surface area contributed by atoms with Gasteiger partial charge in [-0.1, -0.05) is 65.3 Å². The molecule has 21 heavy (non-hydrogen) atoms. The van der Waals surface area contributed by atoms with E-state index in [4.69, 9.17) is 11.6 Å². The Bertz CT molecular complexity index is 585. The Morgan fingerprint density at radius 2 is 1.71 bits per heavy atom. The molecule has 0 aliphatic carbocycles. The van der Waals surface area contributed by atoms with Gasteiger partial charge in [-0.15, -0.1) is 11.6 Å². The standard InChI is InChI=1S/C17H17BrClNO/c1-2-15(12-8-10-14(18)11-9-12)20-17(21)16(19)13-6-4-3-5-7-13/h3-11,15-16H,2H2,1H3,(H,20,21). The van der Waals surface area contributed by atoms with Crippen LogP contribution in [-0.4, -0.2) is 5.91 Å². The van der Waals surface area contributed by atoms with Crippen molar-refractivity contribution < 1.29 is 4.79 Å². The highest BCUT2D eigenvalue weighted by atomic mass is 79.9. The monoisotopic (exact) mass is 365 g/mol. The van der Waals surface area contributed by atoms with Gasteiger partial charge in [-0.3, -0.25) is 4.79 Å². The molecule has 0 heterocycles. The molecule has 0 saturated carbocycles. The maximum absolute atomic E-state index is 12.3. The number of hydrogen-bond donors (Lipinski definition) is 1. The second-order valence-corrected chi connectivity index (χ2v) is 6.15. The van der Waals surface area contributed by atoms with Gasteiger partial charge in [-0.25, -0.2) is 0 Å². The summed E-state index contributed by atoms with van der Waals surface area (Å²) in [6.07, 6.45) is 0.811. The summed E-state index contributed by atoms with van der Waals surface area (Å²) in [5.41, 5.74) is 1.88. The van der Waals surface area contributed by atoms with Gasteiger partial charge in [0.2, 0.25) is 5.91 Å². The van der Waals surface area contributed by atoms with Crippen LogP contribution in [-0.2, 0) is 4.79 Å². The molecule has 0 bridgehead atoms. The SMILES string of the molecule is CCC(NC(=O)C(Cl)c1ccccc1)c1ccc(Br)cc1. The van der Waals surface area contributed by atoms with Gasteiger partial charge in [-0.2, -0.15) is 0 Å². The Labute approximate surface area is 138 Å². The largest absolute Gasteiger partial charge is 0.348 e. The molecule has 2 aromatic rings. The number of benzene rings is 2. The molecule has 1 amide bonds. The minimum Gasteiger partial charge on any atom is -0.348 e. The van der Waals surface area contributed by atoms with Crippen LogP contribution >= 0.6 is 27.5 Å². The molecule has 0 radical (unpaired) electrons. The lowest BCUT2D eigenvalue weighted by molar-refractivity contribution is -0.121. The average Bonchev–Trinajstić information content (AvgIpc) is 2.53. The summed E-state index contributed by atoms with van der Waals surface area (Å²) in [6, 6.07) is 17.3. The molecule has 2 rings (SSSR count). The van der Waals surface area contributed by atoms with Gasteiger partial charge in [0.25, 0.3) is 0 Å². The zero-order valence-electron chi connectivity index (χ0n) is 11.7. The van der Waals surface area contributed by atoms with E-state index in [1.54, 1.807) is 0 Å². The second kappa shape index (κ2) is 7.62. The summed E-state index contributed by atoms with van der Waals surface area (Å²) in [5, 5.41) is 2.34. The Morgan fingerprint density at radius 3 is 2.29 bits per heavy atom. The minimum atomic E-state index is -0.671. The van der Waals surface area contributed by atoms with Crippen LogP contribution in [0.4, 0.5) is 0 Å². The Balaban J connectivity index is 2.08. The zero-order chi connectivity index (χ0) is 15.2. The van der Waals surface area contributed by atoms with Gasteiger partial charge in [0, 0.05) is 4.47 Å². The van der Waals surface area contributed by atoms with E-state index in [0.717, 1.165) is 22.0 Å². The summed E-state index contributed by atoms with van der Waals surface area (Å²) in [7, 11) is 0. The molecule has 1 N–H and O–H groups in total. The molecule has 2 unspecified atom stereocenters. The molecule has 0 aliphatic rings.